The summed E-state index contributed by atoms with van der Waals surface area (Å²) >= 11 is 0. The first-order chi connectivity index (χ1) is 12.1. The molecule has 1 saturated heterocycles. The van der Waals surface area contributed by atoms with Gasteiger partial charge in [-0.2, -0.15) is 0 Å². The Morgan fingerprint density at radius 1 is 1.16 bits per heavy atom. The number of nitrogens with zero attached hydrogens (tertiary/aromatic N) is 1. The van der Waals surface area contributed by atoms with E-state index in [-0.39, 0.29) is 11.8 Å². The smallest absolute Gasteiger partial charge is 0.211 e. The molecule has 3 rings (SSSR count). The summed E-state index contributed by atoms with van der Waals surface area (Å²) < 4.78 is 32.0. The number of furan rings is 1. The lowest BCUT2D eigenvalue weighted by Gasteiger charge is -2.37. The van der Waals surface area contributed by atoms with Crippen LogP contribution in [0.3, 0.4) is 0 Å². The number of benzene rings is 1. The monoisotopic (exact) mass is 364 g/mol. The Bertz CT molecular complexity index is 739. The summed E-state index contributed by atoms with van der Waals surface area (Å²) in [5.41, 5.74) is 1.24. The van der Waals surface area contributed by atoms with Gasteiger partial charge in [0.2, 0.25) is 10.0 Å². The molecule has 25 heavy (non-hydrogen) atoms. The minimum absolute atomic E-state index is 0.00533. The van der Waals surface area contributed by atoms with Gasteiger partial charge in [0, 0.05) is 5.69 Å². The van der Waals surface area contributed by atoms with Gasteiger partial charge in [0.15, 0.2) is 11.8 Å². The lowest BCUT2D eigenvalue weighted by Crippen LogP contribution is -3.15. The molecular formula is C18H26N3O3S+. The molecule has 1 aromatic carbocycles. The van der Waals surface area contributed by atoms with Crippen LogP contribution in [0.25, 0.3) is 0 Å². The average Bonchev–Trinajstić information content (AvgIpc) is 3.17. The van der Waals surface area contributed by atoms with Gasteiger partial charge in [0.1, 0.15) is 0 Å². The number of para-hydroxylation sites is 1. The van der Waals surface area contributed by atoms with Crippen LogP contribution in [0.1, 0.15) is 18.7 Å². The largest absolute Gasteiger partial charge is 0.463 e. The van der Waals surface area contributed by atoms with Crippen LogP contribution in [-0.2, 0) is 10.0 Å². The summed E-state index contributed by atoms with van der Waals surface area (Å²) in [7, 11) is -3.21. The molecule has 0 amide bonds. The molecule has 0 aliphatic carbocycles. The van der Waals surface area contributed by atoms with E-state index in [1.165, 1.54) is 10.6 Å². The first-order valence-electron chi connectivity index (χ1n) is 8.74. The molecule has 1 aliphatic heterocycles. The zero-order valence-electron chi connectivity index (χ0n) is 14.5. The maximum absolute atomic E-state index is 11.8. The van der Waals surface area contributed by atoms with Crippen LogP contribution in [0.4, 0.5) is 5.69 Å². The lowest BCUT2D eigenvalue weighted by molar-refractivity contribution is -0.931. The third-order valence-electron chi connectivity index (χ3n) is 4.79. The van der Waals surface area contributed by atoms with E-state index in [4.69, 9.17) is 4.42 Å². The number of rotatable bonds is 7. The van der Waals surface area contributed by atoms with E-state index in [0.29, 0.717) is 6.54 Å². The molecule has 2 heterocycles. The molecule has 1 aliphatic rings. The van der Waals surface area contributed by atoms with Crippen molar-refractivity contribution < 1.29 is 17.7 Å². The minimum Gasteiger partial charge on any atom is -0.463 e. The fourth-order valence-corrected chi connectivity index (χ4v) is 3.91. The number of nitrogens with one attached hydrogen (secondary N) is 2. The van der Waals surface area contributed by atoms with Crippen molar-refractivity contribution in [2.45, 2.75) is 13.0 Å². The Morgan fingerprint density at radius 2 is 1.88 bits per heavy atom. The standard InChI is InChI=1S/C18H25N3O3S/c1-2-25(22,23)19-15-17(18-9-6-14-24-18)21-12-10-20(11-13-21)16-7-4-3-5-8-16/h3-9,14,17,19H,2,10-13,15H2,1H3/p+1/t17-/m0/s1. The van der Waals surface area contributed by atoms with Gasteiger partial charge in [-0.1, -0.05) is 18.2 Å². The topological polar surface area (TPSA) is 67.0 Å². The van der Waals surface area contributed by atoms with Gasteiger partial charge in [0.05, 0.1) is 44.7 Å². The summed E-state index contributed by atoms with van der Waals surface area (Å²) in [6.07, 6.45) is 1.65. The number of sulfonamides is 1. The van der Waals surface area contributed by atoms with E-state index in [9.17, 15) is 8.42 Å². The number of anilines is 1. The average molecular weight is 364 g/mol. The van der Waals surface area contributed by atoms with Crippen LogP contribution in [0.5, 0.6) is 0 Å². The van der Waals surface area contributed by atoms with E-state index >= 15 is 0 Å². The molecule has 1 aromatic heterocycles. The molecule has 1 atom stereocenters. The second kappa shape index (κ2) is 8.03. The number of piperazine rings is 1. The van der Waals surface area contributed by atoms with Crippen LogP contribution in [0, 0.1) is 0 Å². The highest BCUT2D eigenvalue weighted by molar-refractivity contribution is 7.89. The molecule has 0 unspecified atom stereocenters. The van der Waals surface area contributed by atoms with Gasteiger partial charge in [0.25, 0.3) is 0 Å². The highest BCUT2D eigenvalue weighted by Gasteiger charge is 2.31. The van der Waals surface area contributed by atoms with Crippen molar-refractivity contribution in [3.8, 4) is 0 Å². The fraction of sp³-hybridized carbons (Fsp3) is 0.444. The molecule has 0 radical (unpaired) electrons. The van der Waals surface area contributed by atoms with Crippen molar-refractivity contribution in [3.63, 3.8) is 0 Å². The predicted octanol–water partition coefficient (Wildman–Crippen LogP) is 0.665. The number of hydrogen-bond donors (Lipinski definition) is 2. The van der Waals surface area contributed by atoms with E-state index < -0.39 is 10.0 Å². The normalized spacial score (nSPS) is 17.6. The Morgan fingerprint density at radius 3 is 2.48 bits per heavy atom. The van der Waals surface area contributed by atoms with E-state index in [1.54, 1.807) is 13.2 Å². The van der Waals surface area contributed by atoms with E-state index in [1.807, 2.05) is 18.2 Å². The second-order valence-electron chi connectivity index (χ2n) is 6.30. The third kappa shape index (κ3) is 4.62. The van der Waals surface area contributed by atoms with Gasteiger partial charge < -0.3 is 14.2 Å². The maximum atomic E-state index is 11.8. The van der Waals surface area contributed by atoms with Crippen molar-refractivity contribution in [2.24, 2.45) is 0 Å². The molecular weight excluding hydrogens is 338 g/mol. The third-order valence-corrected chi connectivity index (χ3v) is 6.16. The fourth-order valence-electron chi connectivity index (χ4n) is 3.29. The van der Waals surface area contributed by atoms with Crippen molar-refractivity contribution in [1.82, 2.24) is 4.72 Å². The van der Waals surface area contributed by atoms with Crippen LogP contribution in [0.2, 0.25) is 0 Å². The molecule has 0 bridgehead atoms. The van der Waals surface area contributed by atoms with Gasteiger partial charge in [-0.05, 0) is 31.2 Å². The second-order valence-corrected chi connectivity index (χ2v) is 8.40. The van der Waals surface area contributed by atoms with Crippen LogP contribution in [-0.4, -0.2) is 46.9 Å². The quantitative estimate of drug-likeness (QED) is 0.758. The Hall–Kier alpha value is -1.83. The van der Waals surface area contributed by atoms with Crippen LogP contribution < -0.4 is 14.5 Å². The van der Waals surface area contributed by atoms with Crippen LogP contribution >= 0.6 is 0 Å². The van der Waals surface area contributed by atoms with Gasteiger partial charge in [-0.25, -0.2) is 13.1 Å². The van der Waals surface area contributed by atoms with Gasteiger partial charge in [-0.15, -0.1) is 0 Å². The molecule has 0 saturated carbocycles. The summed E-state index contributed by atoms with van der Waals surface area (Å²) in [5, 5.41) is 0. The van der Waals surface area contributed by atoms with E-state index in [2.05, 4.69) is 33.9 Å². The maximum Gasteiger partial charge on any atom is 0.211 e. The zero-order valence-corrected chi connectivity index (χ0v) is 15.3. The minimum atomic E-state index is -3.21. The SMILES string of the molecule is CCS(=O)(=O)NC[C@@H](c1ccco1)[NH+]1CCN(c2ccccc2)CC1. The molecule has 6 nitrogen and oxygen atoms in total. The van der Waals surface area contributed by atoms with Crippen molar-refractivity contribution in [2.75, 3.05) is 43.4 Å². The molecule has 7 heteroatoms. The Kier molecular flexibility index (Phi) is 5.78. The van der Waals surface area contributed by atoms with Crippen LogP contribution in [0.15, 0.2) is 53.1 Å². The number of hydrogen-bond acceptors (Lipinski definition) is 4. The van der Waals surface area contributed by atoms with Crippen molar-refractivity contribution in [3.05, 3.63) is 54.5 Å². The zero-order chi connectivity index (χ0) is 17.7. The highest BCUT2D eigenvalue weighted by atomic mass is 32.2. The molecule has 1 fully saturated rings. The highest BCUT2D eigenvalue weighted by Crippen LogP contribution is 2.14. The Balaban J connectivity index is 1.66. The van der Waals surface area contributed by atoms with Gasteiger partial charge in [-0.3, -0.25) is 0 Å². The lowest BCUT2D eigenvalue weighted by atomic mass is 10.1. The van der Waals surface area contributed by atoms with E-state index in [0.717, 1.165) is 31.9 Å². The van der Waals surface area contributed by atoms with Crippen molar-refractivity contribution in [1.29, 1.82) is 0 Å². The summed E-state index contributed by atoms with van der Waals surface area (Å²) in [5.74, 6) is 0.927. The molecule has 0 spiro atoms. The van der Waals surface area contributed by atoms with Gasteiger partial charge >= 0.3 is 0 Å². The first kappa shape index (κ1) is 18.0. The summed E-state index contributed by atoms with van der Waals surface area (Å²) in [6, 6.07) is 14.2. The molecule has 2 aromatic rings. The number of quaternary nitrogens is 1. The predicted molar refractivity (Wildman–Crippen MR) is 98.3 cm³/mol. The Labute approximate surface area is 149 Å². The molecule has 136 valence electrons. The van der Waals surface area contributed by atoms with Crippen molar-refractivity contribution >= 4 is 15.7 Å². The summed E-state index contributed by atoms with van der Waals surface area (Å²) in [4.78, 5) is 3.72. The summed E-state index contributed by atoms with van der Waals surface area (Å²) in [6.45, 7) is 5.77. The molecule has 2 N–H and O–H groups in total. The first-order valence-corrected chi connectivity index (χ1v) is 10.4.